The fourth-order valence-corrected chi connectivity index (χ4v) is 3.14. The minimum absolute atomic E-state index is 0. The molecule has 0 aliphatic carbocycles. The first-order valence-corrected chi connectivity index (χ1v) is 8.81. The van der Waals surface area contributed by atoms with Crippen molar-refractivity contribution in [2.75, 3.05) is 24.1 Å². The Labute approximate surface area is 165 Å². The lowest BCUT2D eigenvalue weighted by Gasteiger charge is -2.32. The number of likely N-dealkylation sites (tertiary alicyclic amines) is 1. The topological polar surface area (TPSA) is 87.5 Å². The van der Waals surface area contributed by atoms with E-state index in [2.05, 4.69) is 10.6 Å². The summed E-state index contributed by atoms with van der Waals surface area (Å²) in [5.41, 5.74) is 8.73. The van der Waals surface area contributed by atoms with Crippen molar-refractivity contribution in [3.05, 3.63) is 59.7 Å². The molecule has 27 heavy (non-hydrogen) atoms. The Hall–Kier alpha value is -2.73. The van der Waals surface area contributed by atoms with E-state index in [0.29, 0.717) is 24.3 Å². The average molecular weight is 389 g/mol. The summed E-state index contributed by atoms with van der Waals surface area (Å²) in [7, 11) is 0. The molecule has 0 bridgehead atoms. The largest absolute Gasteiger partial charge is 0.399 e. The van der Waals surface area contributed by atoms with Crippen molar-refractivity contribution in [1.29, 1.82) is 0 Å². The molecule has 0 spiro atoms. The number of halogens is 1. The number of urea groups is 1. The van der Waals surface area contributed by atoms with Gasteiger partial charge in [0.2, 0.25) is 0 Å². The number of nitrogen functional groups attached to an aromatic ring is 1. The summed E-state index contributed by atoms with van der Waals surface area (Å²) < 4.78 is 0. The van der Waals surface area contributed by atoms with Crippen LogP contribution < -0.4 is 16.4 Å². The van der Waals surface area contributed by atoms with Crippen LogP contribution in [-0.4, -0.2) is 36.0 Å². The maximum absolute atomic E-state index is 12.7. The van der Waals surface area contributed by atoms with Crippen LogP contribution in [0.4, 0.5) is 16.2 Å². The van der Waals surface area contributed by atoms with Crippen molar-refractivity contribution in [3.63, 3.8) is 0 Å². The third-order valence-corrected chi connectivity index (χ3v) is 4.64. The normalized spacial score (nSPS) is 14.2. The number of hydrogen-bond donors (Lipinski definition) is 3. The number of carbonyl (C=O) groups excluding carboxylic acids is 2. The number of anilines is 2. The molecule has 1 fully saturated rings. The van der Waals surface area contributed by atoms with E-state index in [0.717, 1.165) is 24.1 Å². The minimum atomic E-state index is -0.215. The van der Waals surface area contributed by atoms with Gasteiger partial charge in [0.05, 0.1) is 0 Å². The molecule has 7 heteroatoms. The van der Waals surface area contributed by atoms with Gasteiger partial charge in [0.1, 0.15) is 0 Å². The van der Waals surface area contributed by atoms with E-state index in [-0.39, 0.29) is 30.4 Å². The summed E-state index contributed by atoms with van der Waals surface area (Å²) in [6, 6.07) is 14.6. The third kappa shape index (κ3) is 5.37. The quantitative estimate of drug-likeness (QED) is 0.704. The lowest BCUT2D eigenvalue weighted by atomic mass is 10.0. The first kappa shape index (κ1) is 20.6. The molecule has 1 saturated heterocycles. The van der Waals surface area contributed by atoms with E-state index in [1.807, 2.05) is 48.2 Å². The highest BCUT2D eigenvalue weighted by Gasteiger charge is 2.25. The van der Waals surface area contributed by atoms with Crippen molar-refractivity contribution in [2.45, 2.75) is 25.8 Å². The number of benzene rings is 2. The molecule has 3 amide bonds. The molecule has 2 aromatic rings. The van der Waals surface area contributed by atoms with Gasteiger partial charge in [-0.15, -0.1) is 12.4 Å². The highest BCUT2D eigenvalue weighted by Crippen LogP contribution is 2.18. The van der Waals surface area contributed by atoms with Crippen molar-refractivity contribution in [3.8, 4) is 0 Å². The van der Waals surface area contributed by atoms with Gasteiger partial charge in [0, 0.05) is 36.1 Å². The first-order valence-electron chi connectivity index (χ1n) is 8.81. The second-order valence-corrected chi connectivity index (χ2v) is 6.61. The van der Waals surface area contributed by atoms with E-state index >= 15 is 0 Å². The minimum Gasteiger partial charge on any atom is -0.399 e. The lowest BCUT2D eigenvalue weighted by molar-refractivity contribution is 0.0708. The number of nitrogens with zero attached hydrogens (tertiary/aromatic N) is 1. The molecule has 0 saturated carbocycles. The van der Waals surface area contributed by atoms with Crippen LogP contribution in [0.15, 0.2) is 48.5 Å². The summed E-state index contributed by atoms with van der Waals surface area (Å²) in [5.74, 6) is 0.00184. The molecule has 0 aromatic heterocycles. The first-order chi connectivity index (χ1) is 12.5. The van der Waals surface area contributed by atoms with Gasteiger partial charge < -0.3 is 21.3 Å². The molecular weight excluding hydrogens is 364 g/mol. The number of para-hydroxylation sites is 1. The highest BCUT2D eigenvalue weighted by atomic mass is 35.5. The summed E-state index contributed by atoms with van der Waals surface area (Å²) in [6.07, 6.45) is 1.46. The molecule has 2 aromatic carbocycles. The zero-order valence-corrected chi connectivity index (χ0v) is 16.1. The maximum atomic E-state index is 12.7. The van der Waals surface area contributed by atoms with Crippen LogP contribution in [0.1, 0.15) is 28.8 Å². The molecule has 3 rings (SSSR count). The third-order valence-electron chi connectivity index (χ3n) is 4.64. The smallest absolute Gasteiger partial charge is 0.319 e. The van der Waals surface area contributed by atoms with Crippen LogP contribution >= 0.6 is 12.4 Å². The van der Waals surface area contributed by atoms with Gasteiger partial charge in [0.25, 0.3) is 5.91 Å². The fraction of sp³-hybridized carbons (Fsp3) is 0.300. The number of nitrogens with two attached hydrogens (primary N) is 1. The number of piperidine rings is 1. The van der Waals surface area contributed by atoms with Gasteiger partial charge >= 0.3 is 6.03 Å². The van der Waals surface area contributed by atoms with Crippen molar-refractivity contribution < 1.29 is 9.59 Å². The Morgan fingerprint density at radius 2 is 1.74 bits per heavy atom. The van der Waals surface area contributed by atoms with Crippen molar-refractivity contribution in [1.82, 2.24) is 10.2 Å². The molecular formula is C20H25ClN4O2. The van der Waals surface area contributed by atoms with Crippen LogP contribution in [0.5, 0.6) is 0 Å². The fourth-order valence-electron chi connectivity index (χ4n) is 3.14. The van der Waals surface area contributed by atoms with Gasteiger partial charge in [-0.05, 0) is 49.6 Å². The van der Waals surface area contributed by atoms with Crippen molar-refractivity contribution in [2.24, 2.45) is 0 Å². The Morgan fingerprint density at radius 3 is 2.41 bits per heavy atom. The second-order valence-electron chi connectivity index (χ2n) is 6.61. The zero-order valence-electron chi connectivity index (χ0n) is 15.3. The molecule has 1 heterocycles. The number of rotatable bonds is 3. The maximum Gasteiger partial charge on any atom is 0.319 e. The Bertz CT molecular complexity index is 790. The number of carbonyl (C=O) groups is 2. The van der Waals surface area contributed by atoms with Crippen LogP contribution in [-0.2, 0) is 0 Å². The van der Waals surface area contributed by atoms with E-state index < -0.39 is 0 Å². The van der Waals surface area contributed by atoms with Crippen LogP contribution in [0, 0.1) is 6.92 Å². The lowest BCUT2D eigenvalue weighted by Crippen LogP contribution is -2.47. The molecule has 0 atom stereocenters. The molecule has 144 valence electrons. The molecule has 4 N–H and O–H groups in total. The van der Waals surface area contributed by atoms with Gasteiger partial charge in [-0.2, -0.15) is 0 Å². The Balaban J connectivity index is 0.00000261. The Kier molecular flexibility index (Phi) is 7.07. The highest BCUT2D eigenvalue weighted by molar-refractivity contribution is 5.96. The molecule has 6 nitrogen and oxygen atoms in total. The average Bonchev–Trinajstić information content (AvgIpc) is 2.64. The summed E-state index contributed by atoms with van der Waals surface area (Å²) in [5, 5.41) is 5.80. The number of amides is 3. The summed E-state index contributed by atoms with van der Waals surface area (Å²) >= 11 is 0. The van der Waals surface area contributed by atoms with E-state index in [1.165, 1.54) is 0 Å². The standard InChI is InChI=1S/C20H24N4O2.ClH/c1-14-7-8-15(21)13-18(14)19(25)24-11-9-17(10-12-24)23-20(26)22-16-5-3-2-4-6-16;/h2-8,13,17H,9-12,21H2,1H3,(H2,22,23,26);1H. The number of aryl methyl sites for hydroxylation is 1. The van der Waals surface area contributed by atoms with Gasteiger partial charge in [-0.1, -0.05) is 24.3 Å². The second kappa shape index (κ2) is 9.28. The summed E-state index contributed by atoms with van der Waals surface area (Å²) in [4.78, 5) is 26.6. The SMILES string of the molecule is Cc1ccc(N)cc1C(=O)N1CCC(NC(=O)Nc2ccccc2)CC1.Cl. The van der Waals surface area contributed by atoms with Gasteiger partial charge in [0.15, 0.2) is 0 Å². The van der Waals surface area contributed by atoms with Crippen molar-refractivity contribution >= 4 is 35.7 Å². The monoisotopic (exact) mass is 388 g/mol. The zero-order chi connectivity index (χ0) is 18.5. The van der Waals surface area contributed by atoms with Crippen LogP contribution in [0.2, 0.25) is 0 Å². The molecule has 1 aliphatic heterocycles. The molecule has 0 unspecified atom stereocenters. The predicted octanol–water partition coefficient (Wildman–Crippen LogP) is 3.43. The number of nitrogens with one attached hydrogen (secondary N) is 2. The number of hydrogen-bond acceptors (Lipinski definition) is 3. The van der Waals surface area contributed by atoms with E-state index in [1.54, 1.807) is 12.1 Å². The molecule has 0 radical (unpaired) electrons. The van der Waals surface area contributed by atoms with Gasteiger partial charge in [-0.3, -0.25) is 4.79 Å². The predicted molar refractivity (Wildman–Crippen MR) is 110 cm³/mol. The molecule has 1 aliphatic rings. The van der Waals surface area contributed by atoms with E-state index in [9.17, 15) is 9.59 Å². The van der Waals surface area contributed by atoms with Crippen LogP contribution in [0.25, 0.3) is 0 Å². The van der Waals surface area contributed by atoms with E-state index in [4.69, 9.17) is 5.73 Å². The Morgan fingerprint density at radius 1 is 1.07 bits per heavy atom. The summed E-state index contributed by atoms with van der Waals surface area (Å²) in [6.45, 7) is 3.14. The van der Waals surface area contributed by atoms with Crippen LogP contribution in [0.3, 0.4) is 0 Å². The van der Waals surface area contributed by atoms with Gasteiger partial charge in [-0.25, -0.2) is 4.79 Å².